The van der Waals surface area contributed by atoms with E-state index in [1.165, 1.54) is 94.1 Å². The molecule has 1 N–H and O–H groups in total. The van der Waals surface area contributed by atoms with Gasteiger partial charge in [0.05, 0.1) is 6.61 Å². The van der Waals surface area contributed by atoms with E-state index in [9.17, 15) is 5.11 Å². The molecule has 3 aromatic rings. The predicted molar refractivity (Wildman–Crippen MR) is 153 cm³/mol. The van der Waals surface area contributed by atoms with E-state index in [0.717, 1.165) is 17.7 Å². The van der Waals surface area contributed by atoms with Gasteiger partial charge in [-0.3, -0.25) is 0 Å². The summed E-state index contributed by atoms with van der Waals surface area (Å²) in [7, 11) is 0. The summed E-state index contributed by atoms with van der Waals surface area (Å²) in [6.07, 6.45) is 13.5. The molecule has 2 aliphatic heterocycles. The number of benzene rings is 3. The second-order valence-electron chi connectivity index (χ2n) is 11.0. The molecule has 2 atom stereocenters. The summed E-state index contributed by atoms with van der Waals surface area (Å²) < 4.78 is 6.11. The lowest BCUT2D eigenvalue weighted by Gasteiger charge is -2.34. The zero-order valence-corrected chi connectivity index (χ0v) is 22.3. The van der Waals surface area contributed by atoms with Crippen LogP contribution in [0.4, 0.5) is 0 Å². The minimum absolute atomic E-state index is 0.214. The third-order valence-electron chi connectivity index (χ3n) is 8.36. The minimum Gasteiger partial charge on any atom is -0.508 e. The molecule has 0 unspecified atom stereocenters. The highest BCUT2D eigenvalue weighted by atomic mass is 16.5. The maximum Gasteiger partial charge on any atom is 0.126 e. The molecule has 0 radical (unpaired) electrons. The topological polar surface area (TPSA) is 32.7 Å². The van der Waals surface area contributed by atoms with Gasteiger partial charge >= 0.3 is 0 Å². The quantitative estimate of drug-likeness (QED) is 0.257. The molecule has 0 amide bonds. The van der Waals surface area contributed by atoms with E-state index in [4.69, 9.17) is 4.74 Å². The number of unbranched alkanes of at least 4 members (excludes halogenated alkanes) is 6. The van der Waals surface area contributed by atoms with Crippen molar-refractivity contribution in [1.82, 2.24) is 4.90 Å². The standard InChI is InChI=1S/C34H43NO2/c36-30-20-21-31-33(25-30)37-26-32(28-14-8-6-9-15-28)34(31)29-18-16-27(17-19-29)13-7-4-2-1-3-5-10-22-35-23-11-12-24-35/h6,8-9,14-21,25,32,34,36H,1-5,7,10-13,22-24,26H2/t32-,34-/m1/s1. The Morgan fingerprint density at radius 3 is 2.19 bits per heavy atom. The van der Waals surface area contributed by atoms with E-state index in [0.29, 0.717) is 6.61 Å². The minimum atomic E-state index is 0.214. The van der Waals surface area contributed by atoms with Gasteiger partial charge in [-0.25, -0.2) is 0 Å². The van der Waals surface area contributed by atoms with Gasteiger partial charge in [-0.1, -0.05) is 92.8 Å². The van der Waals surface area contributed by atoms with Crippen LogP contribution >= 0.6 is 0 Å². The highest BCUT2D eigenvalue weighted by Gasteiger charge is 2.33. The van der Waals surface area contributed by atoms with Crippen LogP contribution in [0.1, 0.15) is 91.9 Å². The Morgan fingerprint density at radius 2 is 1.43 bits per heavy atom. The number of rotatable bonds is 12. The highest BCUT2D eigenvalue weighted by Crippen LogP contribution is 2.46. The number of phenolic OH excluding ortho intramolecular Hbond substituents is 1. The third kappa shape index (κ3) is 6.96. The average Bonchev–Trinajstić information content (AvgIpc) is 3.46. The number of aryl methyl sites for hydroxylation is 1. The molecule has 0 aromatic heterocycles. The molecule has 0 spiro atoms. The summed E-state index contributed by atoms with van der Waals surface area (Å²) in [5, 5.41) is 10.00. The molecule has 2 heterocycles. The van der Waals surface area contributed by atoms with Crippen molar-refractivity contribution in [3.63, 3.8) is 0 Å². The average molecular weight is 498 g/mol. The van der Waals surface area contributed by atoms with Gasteiger partial charge in [0.1, 0.15) is 11.5 Å². The molecular weight excluding hydrogens is 454 g/mol. The summed E-state index contributed by atoms with van der Waals surface area (Å²) in [4.78, 5) is 2.64. The first-order valence-corrected chi connectivity index (χ1v) is 14.6. The van der Waals surface area contributed by atoms with E-state index < -0.39 is 0 Å². The fraction of sp³-hybridized carbons (Fsp3) is 0.471. The Bertz CT molecular complexity index is 1090. The van der Waals surface area contributed by atoms with Crippen molar-refractivity contribution in [2.45, 2.75) is 76.0 Å². The lowest BCUT2D eigenvalue weighted by Crippen LogP contribution is -2.25. The van der Waals surface area contributed by atoms with Crippen molar-refractivity contribution in [3.05, 3.63) is 95.1 Å². The molecule has 1 fully saturated rings. The number of aromatic hydroxyl groups is 1. The van der Waals surface area contributed by atoms with Gasteiger partial charge in [-0.15, -0.1) is 0 Å². The van der Waals surface area contributed by atoms with E-state index in [-0.39, 0.29) is 17.6 Å². The summed E-state index contributed by atoms with van der Waals surface area (Å²) in [6.45, 7) is 4.61. The lowest BCUT2D eigenvalue weighted by molar-refractivity contribution is 0.248. The van der Waals surface area contributed by atoms with Crippen LogP contribution in [0, 0.1) is 0 Å². The maximum absolute atomic E-state index is 10.00. The van der Waals surface area contributed by atoms with Gasteiger partial charge in [0.2, 0.25) is 0 Å². The molecule has 2 aliphatic rings. The van der Waals surface area contributed by atoms with Crippen molar-refractivity contribution >= 4 is 0 Å². The molecule has 0 aliphatic carbocycles. The van der Waals surface area contributed by atoms with Crippen LogP contribution < -0.4 is 4.74 Å². The first-order chi connectivity index (χ1) is 18.3. The van der Waals surface area contributed by atoms with Crippen molar-refractivity contribution in [3.8, 4) is 11.5 Å². The number of likely N-dealkylation sites (tertiary alicyclic amines) is 1. The second kappa shape index (κ2) is 13.1. The Labute approximate surface area is 223 Å². The van der Waals surface area contributed by atoms with Gasteiger partial charge < -0.3 is 14.7 Å². The molecule has 5 rings (SSSR count). The fourth-order valence-corrected chi connectivity index (χ4v) is 6.24. The van der Waals surface area contributed by atoms with Crippen molar-refractivity contribution in [1.29, 1.82) is 0 Å². The summed E-state index contributed by atoms with van der Waals surface area (Å²) >= 11 is 0. The first-order valence-electron chi connectivity index (χ1n) is 14.6. The van der Waals surface area contributed by atoms with Gasteiger partial charge in [-0.05, 0) is 74.5 Å². The molecule has 3 heteroatoms. The van der Waals surface area contributed by atoms with Crippen molar-refractivity contribution in [2.75, 3.05) is 26.2 Å². The van der Waals surface area contributed by atoms with E-state index in [1.807, 2.05) is 6.07 Å². The zero-order valence-electron chi connectivity index (χ0n) is 22.3. The third-order valence-corrected chi connectivity index (χ3v) is 8.36. The Balaban J connectivity index is 1.12. The van der Waals surface area contributed by atoms with Crippen LogP contribution in [0.5, 0.6) is 11.5 Å². The summed E-state index contributed by atoms with van der Waals surface area (Å²) in [6, 6.07) is 25.5. The Morgan fingerprint density at radius 1 is 0.730 bits per heavy atom. The van der Waals surface area contributed by atoms with Crippen LogP contribution in [0.15, 0.2) is 72.8 Å². The Kier molecular flexibility index (Phi) is 9.18. The molecule has 0 saturated carbocycles. The maximum atomic E-state index is 10.00. The second-order valence-corrected chi connectivity index (χ2v) is 11.0. The smallest absolute Gasteiger partial charge is 0.126 e. The lowest BCUT2D eigenvalue weighted by atomic mass is 9.75. The molecular formula is C34H43NO2. The number of nitrogens with zero attached hydrogens (tertiary/aromatic N) is 1. The van der Waals surface area contributed by atoms with Crippen LogP contribution in [0.3, 0.4) is 0 Å². The predicted octanol–water partition coefficient (Wildman–Crippen LogP) is 8.07. The number of hydrogen-bond acceptors (Lipinski definition) is 3. The molecule has 37 heavy (non-hydrogen) atoms. The van der Waals surface area contributed by atoms with Crippen molar-refractivity contribution < 1.29 is 9.84 Å². The van der Waals surface area contributed by atoms with E-state index in [2.05, 4.69) is 59.5 Å². The van der Waals surface area contributed by atoms with Crippen LogP contribution in [0.25, 0.3) is 0 Å². The van der Waals surface area contributed by atoms with Gasteiger partial charge in [-0.2, -0.15) is 0 Å². The fourth-order valence-electron chi connectivity index (χ4n) is 6.24. The highest BCUT2D eigenvalue weighted by molar-refractivity contribution is 5.50. The molecule has 3 nitrogen and oxygen atoms in total. The number of fused-ring (bicyclic) bond motifs is 1. The van der Waals surface area contributed by atoms with Gasteiger partial charge in [0.15, 0.2) is 0 Å². The SMILES string of the molecule is Oc1ccc2c(c1)OC[C@H](c1ccccc1)[C@@H]2c1ccc(CCCCCCCCCN2CCCC2)cc1. The number of hydrogen-bond donors (Lipinski definition) is 1. The summed E-state index contributed by atoms with van der Waals surface area (Å²) in [5.74, 6) is 1.52. The zero-order chi connectivity index (χ0) is 25.3. The summed E-state index contributed by atoms with van der Waals surface area (Å²) in [5.41, 5.74) is 5.21. The first kappa shape index (κ1) is 25.9. The molecule has 0 bridgehead atoms. The van der Waals surface area contributed by atoms with Crippen molar-refractivity contribution in [2.24, 2.45) is 0 Å². The monoisotopic (exact) mass is 497 g/mol. The number of ether oxygens (including phenoxy) is 1. The Hall–Kier alpha value is -2.78. The normalized spacial score (nSPS) is 19.5. The largest absolute Gasteiger partial charge is 0.508 e. The van der Waals surface area contributed by atoms with Gasteiger partial charge in [0, 0.05) is 23.5 Å². The molecule has 1 saturated heterocycles. The molecule has 3 aromatic carbocycles. The van der Waals surface area contributed by atoms with Crippen LogP contribution in [-0.4, -0.2) is 36.2 Å². The van der Waals surface area contributed by atoms with E-state index >= 15 is 0 Å². The van der Waals surface area contributed by atoms with Crippen LogP contribution in [-0.2, 0) is 6.42 Å². The molecule has 196 valence electrons. The van der Waals surface area contributed by atoms with Gasteiger partial charge in [0.25, 0.3) is 0 Å². The van der Waals surface area contributed by atoms with Crippen LogP contribution in [0.2, 0.25) is 0 Å². The van der Waals surface area contributed by atoms with E-state index in [1.54, 1.807) is 12.1 Å². The number of phenols is 1.